The number of thiophene rings is 1. The van der Waals surface area contributed by atoms with Crippen molar-refractivity contribution in [1.29, 1.82) is 0 Å². The summed E-state index contributed by atoms with van der Waals surface area (Å²) in [5.41, 5.74) is 5.66. The lowest BCUT2D eigenvalue weighted by molar-refractivity contribution is 0.158. The Kier molecular flexibility index (Phi) is 4.44. The van der Waals surface area contributed by atoms with Crippen molar-refractivity contribution >= 4 is 11.3 Å². The van der Waals surface area contributed by atoms with Gasteiger partial charge in [-0.3, -0.25) is 4.90 Å². The largest absolute Gasteiger partial charge is 0.333 e. The molecule has 0 spiro atoms. The van der Waals surface area contributed by atoms with E-state index in [4.69, 9.17) is 10.3 Å². The monoisotopic (exact) mass is 292 g/mol. The van der Waals surface area contributed by atoms with Gasteiger partial charge in [-0.15, -0.1) is 11.3 Å². The van der Waals surface area contributed by atoms with Crippen molar-refractivity contribution in [1.82, 2.24) is 15.0 Å². The number of hydrogen-bond acceptors (Lipinski definition) is 6. The van der Waals surface area contributed by atoms with Crippen LogP contribution in [0, 0.1) is 5.92 Å². The maximum atomic E-state index is 5.66. The predicted molar refractivity (Wildman–Crippen MR) is 79.3 cm³/mol. The highest BCUT2D eigenvalue weighted by Crippen LogP contribution is 2.24. The van der Waals surface area contributed by atoms with Gasteiger partial charge in [0.05, 0.1) is 11.4 Å². The van der Waals surface area contributed by atoms with E-state index in [2.05, 4.69) is 15.0 Å². The molecule has 1 aliphatic heterocycles. The van der Waals surface area contributed by atoms with Crippen LogP contribution in [0.3, 0.4) is 0 Å². The standard InChI is InChI=1S/C14H20N4OS/c15-6-5-11-3-1-7-18(9-11)10-13-16-14(19-17-13)12-4-2-8-20-12/h2,4,8,11H,1,3,5-7,9-10,15H2. The Bertz CT molecular complexity index is 523. The summed E-state index contributed by atoms with van der Waals surface area (Å²) in [6, 6.07) is 3.99. The zero-order chi connectivity index (χ0) is 13.8. The number of hydrogen-bond donors (Lipinski definition) is 1. The molecule has 3 rings (SSSR count). The first-order valence-electron chi connectivity index (χ1n) is 7.14. The van der Waals surface area contributed by atoms with Crippen LogP contribution < -0.4 is 5.73 Å². The number of nitrogens with zero attached hydrogens (tertiary/aromatic N) is 3. The first-order chi connectivity index (χ1) is 9.85. The van der Waals surface area contributed by atoms with Crippen LogP contribution in [0.25, 0.3) is 10.8 Å². The Morgan fingerprint density at radius 2 is 2.45 bits per heavy atom. The van der Waals surface area contributed by atoms with Gasteiger partial charge in [0.2, 0.25) is 0 Å². The SMILES string of the molecule is NCCC1CCCN(Cc2noc(-c3cccs3)n2)C1. The van der Waals surface area contributed by atoms with Crippen molar-refractivity contribution in [2.45, 2.75) is 25.8 Å². The van der Waals surface area contributed by atoms with Gasteiger partial charge in [-0.25, -0.2) is 0 Å². The van der Waals surface area contributed by atoms with E-state index in [-0.39, 0.29) is 0 Å². The van der Waals surface area contributed by atoms with Crippen LogP contribution in [-0.2, 0) is 6.54 Å². The Morgan fingerprint density at radius 1 is 1.50 bits per heavy atom. The van der Waals surface area contributed by atoms with Gasteiger partial charge in [-0.05, 0) is 49.7 Å². The fourth-order valence-electron chi connectivity index (χ4n) is 2.78. The van der Waals surface area contributed by atoms with Crippen LogP contribution in [0.15, 0.2) is 22.0 Å². The molecule has 5 nitrogen and oxygen atoms in total. The lowest BCUT2D eigenvalue weighted by atomic mass is 9.95. The van der Waals surface area contributed by atoms with Crippen LogP contribution in [0.4, 0.5) is 0 Å². The topological polar surface area (TPSA) is 68.2 Å². The first kappa shape index (κ1) is 13.7. The Balaban J connectivity index is 1.60. The van der Waals surface area contributed by atoms with Gasteiger partial charge in [0.1, 0.15) is 0 Å². The molecule has 1 atom stereocenters. The summed E-state index contributed by atoms with van der Waals surface area (Å²) in [5, 5.41) is 6.11. The molecule has 0 aromatic carbocycles. The number of aromatic nitrogens is 2. The molecule has 1 saturated heterocycles. The Hall–Kier alpha value is -1.24. The molecule has 0 radical (unpaired) electrons. The van der Waals surface area contributed by atoms with E-state index in [0.717, 1.165) is 49.2 Å². The average molecular weight is 292 g/mol. The molecule has 0 aliphatic carbocycles. The van der Waals surface area contributed by atoms with E-state index in [9.17, 15) is 0 Å². The predicted octanol–water partition coefficient (Wildman–Crippen LogP) is 2.36. The van der Waals surface area contributed by atoms with Gasteiger partial charge in [0.25, 0.3) is 5.89 Å². The normalized spacial score (nSPS) is 20.4. The van der Waals surface area contributed by atoms with Crippen LogP contribution in [0.2, 0.25) is 0 Å². The van der Waals surface area contributed by atoms with Crippen LogP contribution in [-0.4, -0.2) is 34.7 Å². The molecule has 2 aromatic heterocycles. The van der Waals surface area contributed by atoms with Gasteiger partial charge < -0.3 is 10.3 Å². The van der Waals surface area contributed by atoms with E-state index in [0.29, 0.717) is 5.89 Å². The van der Waals surface area contributed by atoms with E-state index in [1.807, 2.05) is 17.5 Å². The number of piperidine rings is 1. The molecular weight excluding hydrogens is 272 g/mol. The number of nitrogens with two attached hydrogens (primary N) is 1. The van der Waals surface area contributed by atoms with Crippen LogP contribution in [0.5, 0.6) is 0 Å². The van der Waals surface area contributed by atoms with E-state index in [1.165, 1.54) is 12.8 Å². The van der Waals surface area contributed by atoms with Crippen molar-refractivity contribution in [2.75, 3.05) is 19.6 Å². The van der Waals surface area contributed by atoms with Crippen LogP contribution >= 0.6 is 11.3 Å². The highest BCUT2D eigenvalue weighted by molar-refractivity contribution is 7.13. The van der Waals surface area contributed by atoms with E-state index in [1.54, 1.807) is 11.3 Å². The van der Waals surface area contributed by atoms with E-state index < -0.39 is 0 Å². The third-order valence-electron chi connectivity index (χ3n) is 3.74. The van der Waals surface area contributed by atoms with Crippen LogP contribution in [0.1, 0.15) is 25.1 Å². The summed E-state index contributed by atoms with van der Waals surface area (Å²) >= 11 is 1.62. The lowest BCUT2D eigenvalue weighted by Crippen LogP contribution is -2.35. The van der Waals surface area contributed by atoms with Gasteiger partial charge in [0.15, 0.2) is 5.82 Å². The van der Waals surface area contributed by atoms with Gasteiger partial charge >= 0.3 is 0 Å². The zero-order valence-corrected chi connectivity index (χ0v) is 12.3. The summed E-state index contributed by atoms with van der Waals surface area (Å²) in [4.78, 5) is 7.92. The fourth-order valence-corrected chi connectivity index (χ4v) is 3.43. The fraction of sp³-hybridized carbons (Fsp3) is 0.571. The highest BCUT2D eigenvalue weighted by Gasteiger charge is 2.21. The van der Waals surface area contributed by atoms with Crippen molar-refractivity contribution in [3.05, 3.63) is 23.3 Å². The smallest absolute Gasteiger partial charge is 0.268 e. The maximum absolute atomic E-state index is 5.66. The molecule has 3 heterocycles. The summed E-state index contributed by atoms with van der Waals surface area (Å²) in [6.07, 6.45) is 3.64. The average Bonchev–Trinajstić information content (AvgIpc) is 3.10. The molecule has 1 unspecified atom stereocenters. The molecule has 0 amide bonds. The Labute approximate surface area is 122 Å². The molecule has 0 saturated carbocycles. The number of rotatable bonds is 5. The summed E-state index contributed by atoms with van der Waals surface area (Å²) in [6.45, 7) is 3.77. The minimum absolute atomic E-state index is 0.630. The lowest BCUT2D eigenvalue weighted by Gasteiger charge is -2.31. The van der Waals surface area contributed by atoms with Gasteiger partial charge in [-0.1, -0.05) is 11.2 Å². The summed E-state index contributed by atoms with van der Waals surface area (Å²) in [5.74, 6) is 2.13. The molecule has 108 valence electrons. The van der Waals surface area contributed by atoms with E-state index >= 15 is 0 Å². The third-order valence-corrected chi connectivity index (χ3v) is 4.60. The molecule has 20 heavy (non-hydrogen) atoms. The molecule has 2 aromatic rings. The second-order valence-electron chi connectivity index (χ2n) is 5.31. The van der Waals surface area contributed by atoms with Crippen molar-refractivity contribution in [3.63, 3.8) is 0 Å². The van der Waals surface area contributed by atoms with Gasteiger partial charge in [0, 0.05) is 6.54 Å². The first-order valence-corrected chi connectivity index (χ1v) is 8.02. The van der Waals surface area contributed by atoms with Crippen molar-refractivity contribution in [2.24, 2.45) is 11.7 Å². The third kappa shape index (κ3) is 3.26. The molecular formula is C14H20N4OS. The molecule has 0 bridgehead atoms. The molecule has 1 fully saturated rings. The summed E-state index contributed by atoms with van der Waals surface area (Å²) in [7, 11) is 0. The zero-order valence-electron chi connectivity index (χ0n) is 11.5. The van der Waals surface area contributed by atoms with Gasteiger partial charge in [-0.2, -0.15) is 4.98 Å². The molecule has 1 aliphatic rings. The Morgan fingerprint density at radius 3 is 3.25 bits per heavy atom. The minimum atomic E-state index is 0.630. The number of likely N-dealkylation sites (tertiary alicyclic amines) is 1. The summed E-state index contributed by atoms with van der Waals surface area (Å²) < 4.78 is 5.33. The van der Waals surface area contributed by atoms with Crippen molar-refractivity contribution in [3.8, 4) is 10.8 Å². The minimum Gasteiger partial charge on any atom is -0.333 e. The second kappa shape index (κ2) is 6.47. The highest BCUT2D eigenvalue weighted by atomic mass is 32.1. The second-order valence-corrected chi connectivity index (χ2v) is 6.26. The quantitative estimate of drug-likeness (QED) is 0.916. The van der Waals surface area contributed by atoms with Crippen molar-refractivity contribution < 1.29 is 4.52 Å². The maximum Gasteiger partial charge on any atom is 0.268 e. The molecule has 6 heteroatoms. The molecule has 2 N–H and O–H groups in total.